The van der Waals surface area contributed by atoms with E-state index in [9.17, 15) is 9.90 Å². The number of aliphatic imine (C=N–C) groups is 1. The molecule has 5 nitrogen and oxygen atoms in total. The van der Waals surface area contributed by atoms with Crippen LogP contribution in [-0.4, -0.2) is 28.4 Å². The van der Waals surface area contributed by atoms with Crippen molar-refractivity contribution in [1.29, 1.82) is 0 Å². The monoisotopic (exact) mass is 245 g/mol. The quantitative estimate of drug-likeness (QED) is 0.849. The largest absolute Gasteiger partial charge is 0.508 e. The molecule has 1 aliphatic carbocycles. The second-order valence-electron chi connectivity index (χ2n) is 4.91. The molecule has 1 aromatic carbocycles. The summed E-state index contributed by atoms with van der Waals surface area (Å²) in [5, 5.41) is 9.30. The van der Waals surface area contributed by atoms with Gasteiger partial charge in [0.15, 0.2) is 0 Å². The summed E-state index contributed by atoms with van der Waals surface area (Å²) in [7, 11) is 0. The molecule has 1 aliphatic heterocycles. The van der Waals surface area contributed by atoms with E-state index in [0.717, 1.165) is 5.56 Å². The summed E-state index contributed by atoms with van der Waals surface area (Å²) < 4.78 is 0. The minimum Gasteiger partial charge on any atom is -0.508 e. The zero-order valence-corrected chi connectivity index (χ0v) is 9.91. The van der Waals surface area contributed by atoms with Crippen LogP contribution in [0.15, 0.2) is 29.3 Å². The molecule has 18 heavy (non-hydrogen) atoms. The first-order chi connectivity index (χ1) is 8.65. The summed E-state index contributed by atoms with van der Waals surface area (Å²) in [6.45, 7) is 0.717. The van der Waals surface area contributed by atoms with Crippen molar-refractivity contribution in [3.63, 3.8) is 0 Å². The van der Waals surface area contributed by atoms with Crippen molar-refractivity contribution in [2.24, 2.45) is 16.6 Å². The van der Waals surface area contributed by atoms with E-state index in [0.29, 0.717) is 18.3 Å². The number of carbonyl (C=O) groups is 1. The lowest BCUT2D eigenvalue weighted by atomic mass is 10.0. The molecule has 1 heterocycles. The lowest BCUT2D eigenvalue weighted by molar-refractivity contribution is 0.204. The summed E-state index contributed by atoms with van der Waals surface area (Å²) in [6.07, 6.45) is 2.35. The first kappa shape index (κ1) is 11.1. The number of hydrogen-bond donors (Lipinski definition) is 2. The van der Waals surface area contributed by atoms with Gasteiger partial charge in [-0.1, -0.05) is 12.1 Å². The standard InChI is InChI=1S/C13H15N3O2/c14-12-11(9-3-5-10(17)6-4-9)16(13(18)15-12)7-8-1-2-8/h3-6,8,11,17H,1-2,7H2,(H2,14,15,18). The van der Waals surface area contributed by atoms with Gasteiger partial charge in [0.05, 0.1) is 0 Å². The van der Waals surface area contributed by atoms with Crippen LogP contribution in [0, 0.1) is 5.92 Å². The maximum Gasteiger partial charge on any atom is 0.346 e. The zero-order valence-electron chi connectivity index (χ0n) is 9.91. The third-order valence-electron chi connectivity index (χ3n) is 3.42. The smallest absolute Gasteiger partial charge is 0.346 e. The molecule has 0 bridgehead atoms. The number of aromatic hydroxyl groups is 1. The molecule has 94 valence electrons. The molecule has 3 N–H and O–H groups in total. The highest BCUT2D eigenvalue weighted by Gasteiger charge is 2.37. The molecule has 1 unspecified atom stereocenters. The molecule has 1 saturated carbocycles. The summed E-state index contributed by atoms with van der Waals surface area (Å²) in [4.78, 5) is 17.4. The minimum absolute atomic E-state index is 0.201. The van der Waals surface area contributed by atoms with Crippen molar-refractivity contribution in [3.05, 3.63) is 29.8 Å². The number of amidine groups is 1. The SMILES string of the molecule is NC1=NC(=O)N(CC2CC2)C1c1ccc(O)cc1. The minimum atomic E-state index is -0.279. The molecule has 1 atom stereocenters. The summed E-state index contributed by atoms with van der Waals surface area (Å²) >= 11 is 0. The van der Waals surface area contributed by atoms with Crippen LogP contribution in [0.5, 0.6) is 5.75 Å². The first-order valence-corrected chi connectivity index (χ1v) is 6.09. The van der Waals surface area contributed by atoms with Gasteiger partial charge in [0, 0.05) is 6.54 Å². The van der Waals surface area contributed by atoms with Gasteiger partial charge in [-0.15, -0.1) is 0 Å². The third-order valence-corrected chi connectivity index (χ3v) is 3.42. The van der Waals surface area contributed by atoms with Crippen molar-refractivity contribution >= 4 is 11.9 Å². The van der Waals surface area contributed by atoms with Crippen molar-refractivity contribution in [1.82, 2.24) is 4.90 Å². The molecule has 2 amide bonds. The fourth-order valence-corrected chi connectivity index (χ4v) is 2.28. The summed E-state index contributed by atoms with van der Waals surface area (Å²) in [5.41, 5.74) is 6.74. The van der Waals surface area contributed by atoms with Gasteiger partial charge in [-0.25, -0.2) is 4.79 Å². The van der Waals surface area contributed by atoms with Crippen LogP contribution >= 0.6 is 0 Å². The van der Waals surface area contributed by atoms with Gasteiger partial charge < -0.3 is 15.7 Å². The normalized spacial score (nSPS) is 23.3. The molecule has 1 fully saturated rings. The molecule has 0 radical (unpaired) electrons. The van der Waals surface area contributed by atoms with Gasteiger partial charge in [0.1, 0.15) is 17.6 Å². The number of urea groups is 1. The van der Waals surface area contributed by atoms with Crippen molar-refractivity contribution in [2.45, 2.75) is 18.9 Å². The second kappa shape index (κ2) is 4.01. The lowest BCUT2D eigenvalue weighted by Gasteiger charge is -2.24. The van der Waals surface area contributed by atoms with E-state index in [4.69, 9.17) is 5.73 Å². The van der Waals surface area contributed by atoms with E-state index >= 15 is 0 Å². The fraction of sp³-hybridized carbons (Fsp3) is 0.385. The Morgan fingerprint density at radius 3 is 2.61 bits per heavy atom. The number of phenols is 1. The van der Waals surface area contributed by atoms with Gasteiger partial charge in [-0.2, -0.15) is 4.99 Å². The van der Waals surface area contributed by atoms with Gasteiger partial charge in [0.25, 0.3) is 0 Å². The number of phenolic OH excluding ortho intramolecular Hbond substituents is 1. The van der Waals surface area contributed by atoms with E-state index in [1.54, 1.807) is 29.2 Å². The number of benzene rings is 1. The Bertz CT molecular complexity index is 505. The van der Waals surface area contributed by atoms with Gasteiger partial charge in [-0.3, -0.25) is 0 Å². The Kier molecular flexibility index (Phi) is 2.47. The Morgan fingerprint density at radius 1 is 1.33 bits per heavy atom. The molecule has 3 rings (SSSR count). The maximum absolute atomic E-state index is 11.8. The molecule has 0 aromatic heterocycles. The van der Waals surface area contributed by atoms with Crippen LogP contribution < -0.4 is 5.73 Å². The van der Waals surface area contributed by atoms with Crippen LogP contribution in [0.3, 0.4) is 0 Å². The van der Waals surface area contributed by atoms with Crippen LogP contribution in [-0.2, 0) is 0 Å². The van der Waals surface area contributed by atoms with Crippen LogP contribution in [0.2, 0.25) is 0 Å². The van der Waals surface area contributed by atoms with Gasteiger partial charge >= 0.3 is 6.03 Å². The molecular formula is C13H15N3O2. The lowest BCUT2D eigenvalue weighted by Crippen LogP contribution is -2.34. The highest BCUT2D eigenvalue weighted by atomic mass is 16.3. The number of amides is 2. The second-order valence-corrected chi connectivity index (χ2v) is 4.91. The molecule has 5 heteroatoms. The van der Waals surface area contributed by atoms with Crippen molar-refractivity contribution < 1.29 is 9.90 Å². The van der Waals surface area contributed by atoms with E-state index < -0.39 is 0 Å². The van der Waals surface area contributed by atoms with Crippen LogP contribution in [0.4, 0.5) is 4.79 Å². The van der Waals surface area contributed by atoms with Crippen LogP contribution in [0.25, 0.3) is 0 Å². The average Bonchev–Trinajstić information content (AvgIpc) is 3.09. The topological polar surface area (TPSA) is 78.9 Å². The fourth-order valence-electron chi connectivity index (χ4n) is 2.28. The number of nitrogens with two attached hydrogens (primary N) is 1. The Morgan fingerprint density at radius 2 is 2.00 bits per heavy atom. The zero-order chi connectivity index (χ0) is 12.7. The Labute approximate surface area is 105 Å². The molecule has 0 saturated heterocycles. The Balaban J connectivity index is 1.88. The van der Waals surface area contributed by atoms with Gasteiger partial charge in [0.2, 0.25) is 0 Å². The Hall–Kier alpha value is -2.04. The molecular weight excluding hydrogens is 230 g/mol. The third kappa shape index (κ3) is 1.92. The van der Waals surface area contributed by atoms with Crippen LogP contribution in [0.1, 0.15) is 24.4 Å². The molecule has 0 spiro atoms. The number of hydrogen-bond acceptors (Lipinski definition) is 3. The van der Waals surface area contributed by atoms with Crippen molar-refractivity contribution in [3.8, 4) is 5.75 Å². The van der Waals surface area contributed by atoms with E-state index in [2.05, 4.69) is 4.99 Å². The molecule has 1 aromatic rings. The maximum atomic E-state index is 11.8. The summed E-state index contributed by atoms with van der Waals surface area (Å²) in [5.74, 6) is 1.13. The number of rotatable bonds is 3. The van der Waals surface area contributed by atoms with E-state index in [1.807, 2.05) is 0 Å². The highest BCUT2D eigenvalue weighted by molar-refractivity contribution is 6.03. The summed E-state index contributed by atoms with van der Waals surface area (Å²) in [6, 6.07) is 6.22. The highest BCUT2D eigenvalue weighted by Crippen LogP contribution is 2.35. The molecule has 2 aliphatic rings. The van der Waals surface area contributed by atoms with Gasteiger partial charge in [-0.05, 0) is 36.5 Å². The predicted octanol–water partition coefficient (Wildman–Crippen LogP) is 1.64. The van der Waals surface area contributed by atoms with E-state index in [1.165, 1.54) is 12.8 Å². The van der Waals surface area contributed by atoms with E-state index in [-0.39, 0.29) is 17.8 Å². The predicted molar refractivity (Wildman–Crippen MR) is 67.3 cm³/mol. The van der Waals surface area contributed by atoms with Crippen molar-refractivity contribution in [2.75, 3.05) is 6.54 Å². The first-order valence-electron chi connectivity index (χ1n) is 6.09. The number of carbonyl (C=O) groups excluding carboxylic acids is 1. The number of nitrogens with zero attached hydrogens (tertiary/aromatic N) is 2. The average molecular weight is 245 g/mol.